The van der Waals surface area contributed by atoms with E-state index in [2.05, 4.69) is 5.32 Å². The molecule has 0 aliphatic carbocycles. The van der Waals surface area contributed by atoms with Gasteiger partial charge in [0.15, 0.2) is 5.78 Å². The third kappa shape index (κ3) is 1.98. The fraction of sp³-hybridized carbons (Fsp3) is 0.364. The third-order valence-electron chi connectivity index (χ3n) is 2.40. The van der Waals surface area contributed by atoms with Gasteiger partial charge in [-0.05, 0) is 24.7 Å². The van der Waals surface area contributed by atoms with Crippen molar-refractivity contribution in [1.82, 2.24) is 5.32 Å². The van der Waals surface area contributed by atoms with Gasteiger partial charge in [0.05, 0.1) is 18.2 Å². The standard InChI is InChI=1S/C11H12ClNO2/c1-13-6-10(14)8-4-7-2-3-15-11(7)9(12)5-8/h4-5,13H,2-3,6H2,1H3. The maximum atomic E-state index is 11.6. The highest BCUT2D eigenvalue weighted by molar-refractivity contribution is 6.32. The summed E-state index contributed by atoms with van der Waals surface area (Å²) in [5.74, 6) is 0.784. The molecule has 1 heterocycles. The molecule has 80 valence electrons. The number of hydrogen-bond acceptors (Lipinski definition) is 3. The molecule has 1 N–H and O–H groups in total. The van der Waals surface area contributed by atoms with Crippen LogP contribution in [0.5, 0.6) is 5.75 Å². The Balaban J connectivity index is 2.35. The van der Waals surface area contributed by atoms with Crippen molar-refractivity contribution in [2.24, 2.45) is 0 Å². The van der Waals surface area contributed by atoms with Crippen molar-refractivity contribution in [1.29, 1.82) is 0 Å². The molecule has 0 bridgehead atoms. The molecule has 0 atom stereocenters. The van der Waals surface area contributed by atoms with Crippen molar-refractivity contribution in [3.8, 4) is 5.75 Å². The lowest BCUT2D eigenvalue weighted by Crippen LogP contribution is -2.18. The number of fused-ring (bicyclic) bond motifs is 1. The average Bonchev–Trinajstić information content (AvgIpc) is 2.66. The smallest absolute Gasteiger partial charge is 0.176 e. The van der Waals surface area contributed by atoms with Gasteiger partial charge >= 0.3 is 0 Å². The Bertz CT molecular complexity index is 404. The minimum atomic E-state index is 0.0501. The largest absolute Gasteiger partial charge is 0.491 e. The van der Waals surface area contributed by atoms with Crippen LogP contribution in [-0.2, 0) is 6.42 Å². The van der Waals surface area contributed by atoms with Crippen LogP contribution in [-0.4, -0.2) is 26.0 Å². The number of likely N-dealkylation sites (N-methyl/N-ethyl adjacent to an activating group) is 1. The molecule has 0 aromatic heterocycles. The molecule has 1 aliphatic rings. The van der Waals surface area contributed by atoms with Crippen LogP contribution in [0.3, 0.4) is 0 Å². The van der Waals surface area contributed by atoms with E-state index in [9.17, 15) is 4.79 Å². The summed E-state index contributed by atoms with van der Waals surface area (Å²) >= 11 is 6.02. The van der Waals surface area contributed by atoms with E-state index in [1.807, 2.05) is 6.07 Å². The SMILES string of the molecule is CNCC(=O)c1cc(Cl)c2c(c1)CCO2. The van der Waals surface area contributed by atoms with Gasteiger partial charge in [-0.1, -0.05) is 11.6 Å². The van der Waals surface area contributed by atoms with E-state index in [1.54, 1.807) is 13.1 Å². The van der Waals surface area contributed by atoms with Crippen LogP contribution in [0.1, 0.15) is 15.9 Å². The summed E-state index contributed by atoms with van der Waals surface area (Å²) in [6, 6.07) is 3.54. The van der Waals surface area contributed by atoms with E-state index in [0.29, 0.717) is 23.7 Å². The minimum absolute atomic E-state index is 0.0501. The second kappa shape index (κ2) is 4.21. The number of nitrogens with one attached hydrogen (secondary N) is 1. The maximum absolute atomic E-state index is 11.6. The zero-order valence-electron chi connectivity index (χ0n) is 8.47. The first-order valence-electron chi connectivity index (χ1n) is 4.85. The zero-order chi connectivity index (χ0) is 10.8. The van der Waals surface area contributed by atoms with E-state index >= 15 is 0 Å². The minimum Gasteiger partial charge on any atom is -0.491 e. The number of carbonyl (C=O) groups is 1. The fourth-order valence-electron chi connectivity index (χ4n) is 1.68. The third-order valence-corrected chi connectivity index (χ3v) is 2.68. The van der Waals surface area contributed by atoms with E-state index < -0.39 is 0 Å². The Morgan fingerprint density at radius 3 is 3.13 bits per heavy atom. The van der Waals surface area contributed by atoms with E-state index in [1.165, 1.54) is 0 Å². The van der Waals surface area contributed by atoms with Crippen LogP contribution in [0.25, 0.3) is 0 Å². The van der Waals surface area contributed by atoms with Gasteiger partial charge in [0.2, 0.25) is 0 Å². The van der Waals surface area contributed by atoms with Crippen LogP contribution in [0.4, 0.5) is 0 Å². The van der Waals surface area contributed by atoms with E-state index in [-0.39, 0.29) is 5.78 Å². The van der Waals surface area contributed by atoms with Crippen LogP contribution in [0.15, 0.2) is 12.1 Å². The summed E-state index contributed by atoms with van der Waals surface area (Å²) in [4.78, 5) is 11.6. The Kier molecular flexibility index (Phi) is 2.93. The van der Waals surface area contributed by atoms with Crippen LogP contribution >= 0.6 is 11.6 Å². The summed E-state index contributed by atoms with van der Waals surface area (Å²) < 4.78 is 5.37. The number of halogens is 1. The average molecular weight is 226 g/mol. The van der Waals surface area contributed by atoms with Crippen molar-refractivity contribution >= 4 is 17.4 Å². The van der Waals surface area contributed by atoms with Crippen molar-refractivity contribution in [3.05, 3.63) is 28.3 Å². The van der Waals surface area contributed by atoms with Crippen molar-refractivity contribution in [2.45, 2.75) is 6.42 Å². The molecule has 0 fully saturated rings. The van der Waals surface area contributed by atoms with Gasteiger partial charge in [-0.2, -0.15) is 0 Å². The highest BCUT2D eigenvalue weighted by atomic mass is 35.5. The Morgan fingerprint density at radius 2 is 2.40 bits per heavy atom. The number of ketones is 1. The molecule has 2 rings (SSSR count). The van der Waals surface area contributed by atoms with Crippen LogP contribution in [0.2, 0.25) is 5.02 Å². The normalized spacial score (nSPS) is 13.5. The Hall–Kier alpha value is -1.06. The molecule has 0 unspecified atom stereocenters. The Labute approximate surface area is 93.4 Å². The molecular weight excluding hydrogens is 214 g/mol. The molecule has 0 radical (unpaired) electrons. The fourth-order valence-corrected chi connectivity index (χ4v) is 1.98. The molecule has 1 aromatic rings. The van der Waals surface area contributed by atoms with Crippen LogP contribution in [0, 0.1) is 0 Å². The van der Waals surface area contributed by atoms with Crippen LogP contribution < -0.4 is 10.1 Å². The van der Waals surface area contributed by atoms with Crippen molar-refractivity contribution < 1.29 is 9.53 Å². The predicted octanol–water partition coefficient (Wildman–Crippen LogP) is 1.68. The lowest BCUT2D eigenvalue weighted by atomic mass is 10.1. The van der Waals surface area contributed by atoms with Gasteiger partial charge in [0, 0.05) is 12.0 Å². The van der Waals surface area contributed by atoms with E-state index in [4.69, 9.17) is 16.3 Å². The zero-order valence-corrected chi connectivity index (χ0v) is 9.23. The number of hydrogen-bond donors (Lipinski definition) is 1. The van der Waals surface area contributed by atoms with Crippen molar-refractivity contribution in [3.63, 3.8) is 0 Å². The summed E-state index contributed by atoms with van der Waals surface area (Å²) in [5, 5.41) is 3.36. The second-order valence-electron chi connectivity index (χ2n) is 3.50. The molecule has 0 saturated heterocycles. The molecular formula is C11H12ClNO2. The summed E-state index contributed by atoms with van der Waals surface area (Å²) in [6.45, 7) is 0.981. The predicted molar refractivity (Wildman–Crippen MR) is 58.9 cm³/mol. The van der Waals surface area contributed by atoms with Gasteiger partial charge in [-0.3, -0.25) is 4.79 Å². The molecule has 4 heteroatoms. The van der Waals surface area contributed by atoms with E-state index in [0.717, 1.165) is 17.7 Å². The number of rotatable bonds is 3. The van der Waals surface area contributed by atoms with Gasteiger partial charge in [0.25, 0.3) is 0 Å². The van der Waals surface area contributed by atoms with Gasteiger partial charge < -0.3 is 10.1 Å². The number of benzene rings is 1. The molecule has 0 spiro atoms. The quantitative estimate of drug-likeness (QED) is 0.796. The molecule has 0 amide bonds. The van der Waals surface area contributed by atoms with Crippen molar-refractivity contribution in [2.75, 3.05) is 20.2 Å². The Morgan fingerprint density at radius 1 is 1.60 bits per heavy atom. The monoisotopic (exact) mass is 225 g/mol. The first kappa shape index (κ1) is 10.5. The molecule has 0 saturated carbocycles. The highest BCUT2D eigenvalue weighted by Gasteiger charge is 2.18. The number of ether oxygens (including phenoxy) is 1. The first-order chi connectivity index (χ1) is 7.22. The molecule has 1 aromatic carbocycles. The molecule has 15 heavy (non-hydrogen) atoms. The molecule has 1 aliphatic heterocycles. The summed E-state index contributed by atoms with van der Waals surface area (Å²) in [5.41, 5.74) is 1.68. The maximum Gasteiger partial charge on any atom is 0.176 e. The van der Waals surface area contributed by atoms with Gasteiger partial charge in [-0.15, -0.1) is 0 Å². The molecule has 3 nitrogen and oxygen atoms in total. The number of carbonyl (C=O) groups excluding carboxylic acids is 1. The summed E-state index contributed by atoms with van der Waals surface area (Å²) in [6.07, 6.45) is 0.829. The van der Waals surface area contributed by atoms with Gasteiger partial charge in [0.1, 0.15) is 5.75 Å². The van der Waals surface area contributed by atoms with Gasteiger partial charge in [-0.25, -0.2) is 0 Å². The summed E-state index contributed by atoms with van der Waals surface area (Å²) in [7, 11) is 1.75. The first-order valence-corrected chi connectivity index (χ1v) is 5.23. The second-order valence-corrected chi connectivity index (χ2v) is 3.91. The highest BCUT2D eigenvalue weighted by Crippen LogP contribution is 2.34. The lowest BCUT2D eigenvalue weighted by Gasteiger charge is -2.05. The number of Topliss-reactive ketones (excluding diaryl/α,β-unsaturated/α-hetero) is 1. The lowest BCUT2D eigenvalue weighted by molar-refractivity contribution is 0.0993. The topological polar surface area (TPSA) is 38.3 Å².